The molecule has 0 atom stereocenters. The summed E-state index contributed by atoms with van der Waals surface area (Å²) in [4.78, 5) is 15.4. The molecule has 2 heterocycles. The molecule has 1 aromatic rings. The van der Waals surface area contributed by atoms with Crippen LogP contribution < -0.4 is 4.90 Å². The van der Waals surface area contributed by atoms with Crippen LogP contribution in [0.1, 0.15) is 31.4 Å². The number of carbonyl (C=O) groups is 1. The van der Waals surface area contributed by atoms with Crippen molar-refractivity contribution in [3.63, 3.8) is 0 Å². The van der Waals surface area contributed by atoms with Gasteiger partial charge in [-0.25, -0.2) is 0 Å². The maximum absolute atomic E-state index is 11.8. The van der Waals surface area contributed by atoms with Crippen LogP contribution in [0.25, 0.3) is 6.08 Å². The number of carbonyl (C=O) groups excluding carboxylic acids is 1. The van der Waals surface area contributed by atoms with Crippen LogP contribution >= 0.6 is 0 Å². The van der Waals surface area contributed by atoms with Gasteiger partial charge in [0, 0.05) is 39.3 Å². The number of nitrogens with zero attached hydrogens (tertiary/aromatic N) is 3. The van der Waals surface area contributed by atoms with Crippen molar-refractivity contribution in [3.05, 3.63) is 23.5 Å². The minimum Gasteiger partial charge on any atom is -0.441 e. The molecule has 0 bridgehead atoms. The third-order valence-electron chi connectivity index (χ3n) is 3.57. The normalized spacial score (nSPS) is 16.2. The molecule has 0 saturated carbocycles. The highest BCUT2D eigenvalue weighted by Gasteiger charge is 2.15. The lowest BCUT2D eigenvalue weighted by Crippen LogP contribution is -2.23. The van der Waals surface area contributed by atoms with E-state index in [2.05, 4.69) is 4.90 Å². The van der Waals surface area contributed by atoms with Crippen molar-refractivity contribution < 1.29 is 9.21 Å². The van der Waals surface area contributed by atoms with Gasteiger partial charge in [0.1, 0.15) is 17.4 Å². The summed E-state index contributed by atoms with van der Waals surface area (Å²) in [6, 6.07) is 5.64. The molecule has 5 heteroatoms. The van der Waals surface area contributed by atoms with Gasteiger partial charge in [0.05, 0.1) is 0 Å². The molecule has 5 nitrogen and oxygen atoms in total. The number of amides is 1. The number of likely N-dealkylation sites (N-methyl/N-ethyl adjacent to an activating group) is 1. The van der Waals surface area contributed by atoms with Gasteiger partial charge < -0.3 is 14.2 Å². The van der Waals surface area contributed by atoms with E-state index in [1.807, 2.05) is 12.1 Å². The van der Waals surface area contributed by atoms with E-state index in [0.29, 0.717) is 5.76 Å². The van der Waals surface area contributed by atoms with Crippen molar-refractivity contribution in [2.45, 2.75) is 25.7 Å². The van der Waals surface area contributed by atoms with Gasteiger partial charge in [0.15, 0.2) is 5.88 Å². The fourth-order valence-corrected chi connectivity index (χ4v) is 2.41. The second-order valence-corrected chi connectivity index (χ2v) is 5.45. The highest BCUT2D eigenvalue weighted by atomic mass is 16.4. The Morgan fingerprint density at radius 1 is 1.29 bits per heavy atom. The molecule has 1 aliphatic rings. The van der Waals surface area contributed by atoms with Gasteiger partial charge >= 0.3 is 0 Å². The van der Waals surface area contributed by atoms with Crippen molar-refractivity contribution in [2.75, 3.05) is 32.1 Å². The molecule has 0 spiro atoms. The summed E-state index contributed by atoms with van der Waals surface area (Å²) in [5, 5.41) is 9.08. The van der Waals surface area contributed by atoms with Crippen molar-refractivity contribution in [1.82, 2.24) is 4.90 Å². The zero-order valence-electron chi connectivity index (χ0n) is 12.6. The molecule has 112 valence electrons. The smallest absolute Gasteiger partial charge is 0.264 e. The van der Waals surface area contributed by atoms with Gasteiger partial charge in [0.2, 0.25) is 0 Å². The number of hydrogen-bond donors (Lipinski definition) is 0. The van der Waals surface area contributed by atoms with Gasteiger partial charge in [-0.2, -0.15) is 5.26 Å². The summed E-state index contributed by atoms with van der Waals surface area (Å²) in [6.07, 6.45) is 6.38. The fourth-order valence-electron chi connectivity index (χ4n) is 2.41. The second-order valence-electron chi connectivity index (χ2n) is 5.45. The molecular formula is C16H21N3O2. The molecular weight excluding hydrogens is 266 g/mol. The summed E-state index contributed by atoms with van der Waals surface area (Å²) in [6.45, 7) is 2.00. The third kappa shape index (κ3) is 3.88. The maximum Gasteiger partial charge on any atom is 0.264 e. The van der Waals surface area contributed by atoms with E-state index < -0.39 is 0 Å². The molecule has 0 unspecified atom stereocenters. The number of rotatable bonds is 3. The van der Waals surface area contributed by atoms with Crippen LogP contribution in [0, 0.1) is 11.3 Å². The van der Waals surface area contributed by atoms with E-state index in [4.69, 9.17) is 9.68 Å². The Hall–Kier alpha value is -2.22. The van der Waals surface area contributed by atoms with Gasteiger partial charge in [-0.05, 0) is 18.9 Å². The van der Waals surface area contributed by atoms with Crippen LogP contribution in [0.3, 0.4) is 0 Å². The zero-order valence-corrected chi connectivity index (χ0v) is 12.6. The Kier molecular flexibility index (Phi) is 5.04. The summed E-state index contributed by atoms with van der Waals surface area (Å²) in [7, 11) is 3.25. The number of furan rings is 1. The summed E-state index contributed by atoms with van der Waals surface area (Å²) >= 11 is 0. The Morgan fingerprint density at radius 2 is 1.95 bits per heavy atom. The molecule has 0 aromatic carbocycles. The standard InChI is InChI=1S/C16H21N3O2/c1-18(2)16(20)13(12-17)11-14-7-8-15(21-14)19-9-5-3-4-6-10-19/h7-8,11H,3-6,9-10H2,1-2H3/b13-11-. The van der Waals surface area contributed by atoms with E-state index in [9.17, 15) is 4.79 Å². The molecule has 1 saturated heterocycles. The lowest BCUT2D eigenvalue weighted by molar-refractivity contribution is -0.124. The molecule has 0 N–H and O–H groups in total. The van der Waals surface area contributed by atoms with Crippen LogP contribution in [0.15, 0.2) is 22.1 Å². The first-order chi connectivity index (χ1) is 10.1. The van der Waals surface area contributed by atoms with Crippen LogP contribution in [-0.2, 0) is 4.79 Å². The van der Waals surface area contributed by atoms with Crippen molar-refractivity contribution in [1.29, 1.82) is 5.26 Å². The third-order valence-corrected chi connectivity index (χ3v) is 3.57. The van der Waals surface area contributed by atoms with E-state index in [1.165, 1.54) is 36.7 Å². The first-order valence-electron chi connectivity index (χ1n) is 7.30. The molecule has 1 fully saturated rings. The highest BCUT2D eigenvalue weighted by Crippen LogP contribution is 2.23. The molecule has 1 amide bonds. The van der Waals surface area contributed by atoms with Crippen LogP contribution in [0.5, 0.6) is 0 Å². The SMILES string of the molecule is CN(C)C(=O)/C(C#N)=C\c1ccc(N2CCCCCC2)o1. The zero-order chi connectivity index (χ0) is 15.2. The van der Waals surface area contributed by atoms with Crippen molar-refractivity contribution >= 4 is 17.9 Å². The monoisotopic (exact) mass is 287 g/mol. The summed E-state index contributed by atoms with van der Waals surface area (Å²) in [5.41, 5.74) is 0.0803. The number of nitriles is 1. The van der Waals surface area contributed by atoms with Crippen molar-refractivity contribution in [3.8, 4) is 6.07 Å². The van der Waals surface area contributed by atoms with Gasteiger partial charge in [-0.1, -0.05) is 12.8 Å². The van der Waals surface area contributed by atoms with E-state index in [0.717, 1.165) is 19.0 Å². The average Bonchev–Trinajstić information content (AvgIpc) is 2.77. The average molecular weight is 287 g/mol. The van der Waals surface area contributed by atoms with Gasteiger partial charge in [-0.3, -0.25) is 4.79 Å². The Labute approximate surface area is 125 Å². The van der Waals surface area contributed by atoms with E-state index >= 15 is 0 Å². The summed E-state index contributed by atoms with van der Waals surface area (Å²) < 4.78 is 5.77. The number of anilines is 1. The largest absolute Gasteiger partial charge is 0.441 e. The van der Waals surface area contributed by atoms with E-state index in [-0.39, 0.29) is 11.5 Å². The predicted octanol–water partition coefficient (Wildman–Crippen LogP) is 2.66. The summed E-state index contributed by atoms with van der Waals surface area (Å²) in [5.74, 6) is 1.05. The Morgan fingerprint density at radius 3 is 2.52 bits per heavy atom. The minimum absolute atomic E-state index is 0.0803. The van der Waals surface area contributed by atoms with Crippen LogP contribution in [0.2, 0.25) is 0 Å². The quantitative estimate of drug-likeness (QED) is 0.633. The molecule has 2 rings (SSSR count). The lowest BCUT2D eigenvalue weighted by Gasteiger charge is -2.18. The minimum atomic E-state index is -0.315. The van der Waals surface area contributed by atoms with Crippen LogP contribution in [-0.4, -0.2) is 38.0 Å². The molecule has 21 heavy (non-hydrogen) atoms. The molecule has 0 aliphatic carbocycles. The maximum atomic E-state index is 11.8. The fraction of sp³-hybridized carbons (Fsp3) is 0.500. The second kappa shape index (κ2) is 6.98. The molecule has 1 aromatic heterocycles. The molecule has 1 aliphatic heterocycles. The predicted molar refractivity (Wildman–Crippen MR) is 81.7 cm³/mol. The van der Waals surface area contributed by atoms with Crippen molar-refractivity contribution in [2.24, 2.45) is 0 Å². The van der Waals surface area contributed by atoms with Gasteiger partial charge in [-0.15, -0.1) is 0 Å². The highest BCUT2D eigenvalue weighted by molar-refractivity contribution is 6.01. The topological polar surface area (TPSA) is 60.5 Å². The molecule has 0 radical (unpaired) electrons. The first kappa shape index (κ1) is 15.2. The van der Waals surface area contributed by atoms with Crippen LogP contribution in [0.4, 0.5) is 5.88 Å². The Bertz CT molecular complexity index is 558. The van der Waals surface area contributed by atoms with E-state index in [1.54, 1.807) is 20.2 Å². The lowest BCUT2D eigenvalue weighted by atomic mass is 10.2. The number of hydrogen-bond acceptors (Lipinski definition) is 4. The Balaban J connectivity index is 2.15. The van der Waals surface area contributed by atoms with Gasteiger partial charge in [0.25, 0.3) is 5.91 Å². The first-order valence-corrected chi connectivity index (χ1v) is 7.30.